The van der Waals surface area contributed by atoms with E-state index in [0.717, 1.165) is 5.69 Å². The summed E-state index contributed by atoms with van der Waals surface area (Å²) in [5.41, 5.74) is 1.29. The summed E-state index contributed by atoms with van der Waals surface area (Å²) < 4.78 is 5.27. The summed E-state index contributed by atoms with van der Waals surface area (Å²) in [7, 11) is 0. The fourth-order valence-electron chi connectivity index (χ4n) is 2.38. The molecule has 0 aliphatic carbocycles. The predicted molar refractivity (Wildman–Crippen MR) is 92.5 cm³/mol. The van der Waals surface area contributed by atoms with E-state index in [0.29, 0.717) is 17.3 Å². The fraction of sp³-hybridized carbons (Fsp3) is 0.176. The molecular weight excluding hydrogens is 330 g/mol. The minimum atomic E-state index is -0.417. The number of ether oxygens (including phenoxy) is 1. The molecule has 1 fully saturated rings. The molecule has 124 valence electrons. The molecule has 2 aromatic carbocycles. The Morgan fingerprint density at radius 3 is 2.62 bits per heavy atom. The van der Waals surface area contributed by atoms with E-state index in [-0.39, 0.29) is 6.54 Å². The lowest BCUT2D eigenvalue weighted by Crippen LogP contribution is -2.37. The van der Waals surface area contributed by atoms with Crippen molar-refractivity contribution in [2.45, 2.75) is 6.10 Å². The maximum absolute atomic E-state index is 11.9. The van der Waals surface area contributed by atoms with Crippen molar-refractivity contribution in [3.63, 3.8) is 0 Å². The number of carbonyl (C=O) groups is 2. The van der Waals surface area contributed by atoms with E-state index >= 15 is 0 Å². The zero-order chi connectivity index (χ0) is 16.9. The van der Waals surface area contributed by atoms with E-state index in [1.807, 2.05) is 30.3 Å². The smallest absolute Gasteiger partial charge is 0.414 e. The van der Waals surface area contributed by atoms with Crippen molar-refractivity contribution in [1.29, 1.82) is 0 Å². The number of halogens is 1. The number of hydrogen-bond acceptors (Lipinski definition) is 3. The van der Waals surface area contributed by atoms with Gasteiger partial charge in [0, 0.05) is 5.69 Å². The highest BCUT2D eigenvalue weighted by Gasteiger charge is 2.32. The number of rotatable bonds is 4. The van der Waals surface area contributed by atoms with Crippen molar-refractivity contribution in [2.75, 3.05) is 23.3 Å². The third-order valence-corrected chi connectivity index (χ3v) is 3.88. The summed E-state index contributed by atoms with van der Waals surface area (Å²) in [6.07, 6.45) is -0.825. The van der Waals surface area contributed by atoms with Gasteiger partial charge in [0.15, 0.2) is 0 Å². The lowest BCUT2D eigenvalue weighted by atomic mass is 10.3. The van der Waals surface area contributed by atoms with E-state index < -0.39 is 18.2 Å². The molecule has 0 radical (unpaired) electrons. The molecule has 6 nitrogen and oxygen atoms in total. The zero-order valence-electron chi connectivity index (χ0n) is 12.7. The molecule has 24 heavy (non-hydrogen) atoms. The lowest BCUT2D eigenvalue weighted by molar-refractivity contribution is 0.141. The molecule has 0 spiro atoms. The largest absolute Gasteiger partial charge is 0.442 e. The number of carbonyl (C=O) groups excluding carboxylic acids is 2. The number of anilines is 2. The number of benzene rings is 2. The van der Waals surface area contributed by atoms with E-state index in [1.54, 1.807) is 24.3 Å². The molecule has 0 aromatic heterocycles. The summed E-state index contributed by atoms with van der Waals surface area (Å²) in [6.45, 7) is 0.598. The Kier molecular flexibility index (Phi) is 4.86. The van der Waals surface area contributed by atoms with Gasteiger partial charge in [-0.1, -0.05) is 41.9 Å². The molecule has 3 amide bonds. The molecule has 3 rings (SSSR count). The Bertz CT molecular complexity index is 739. The van der Waals surface area contributed by atoms with Gasteiger partial charge in [0.05, 0.1) is 23.8 Å². The number of cyclic esters (lactones) is 1. The van der Waals surface area contributed by atoms with Crippen LogP contribution in [0.15, 0.2) is 54.6 Å². The van der Waals surface area contributed by atoms with Crippen LogP contribution < -0.4 is 15.5 Å². The first kappa shape index (κ1) is 16.1. The summed E-state index contributed by atoms with van der Waals surface area (Å²) in [5.74, 6) is 0. The number of hydrogen-bond donors (Lipinski definition) is 2. The predicted octanol–water partition coefficient (Wildman–Crippen LogP) is 3.49. The molecule has 1 atom stereocenters. The fourth-order valence-corrected chi connectivity index (χ4v) is 2.57. The zero-order valence-corrected chi connectivity index (χ0v) is 13.5. The molecular formula is C17H16ClN3O3. The molecule has 1 heterocycles. The first-order valence-corrected chi connectivity index (χ1v) is 7.84. The standard InChI is InChI=1S/C17H16ClN3O3/c18-14-8-4-5-9-15(14)20-16(22)19-10-13-11-21(17(23)24-13)12-6-2-1-3-7-12/h1-9,13H,10-11H2,(H2,19,20,22)/t13-/m1/s1. The van der Waals surface area contributed by atoms with Crippen molar-refractivity contribution in [1.82, 2.24) is 5.32 Å². The molecule has 1 saturated heterocycles. The maximum atomic E-state index is 11.9. The Labute approximate surface area is 144 Å². The van der Waals surface area contributed by atoms with E-state index in [1.165, 1.54) is 4.90 Å². The molecule has 1 aliphatic heterocycles. The number of nitrogens with zero attached hydrogens (tertiary/aromatic N) is 1. The van der Waals surface area contributed by atoms with Crippen LogP contribution in [0, 0.1) is 0 Å². The van der Waals surface area contributed by atoms with Gasteiger partial charge in [-0.3, -0.25) is 4.90 Å². The van der Waals surface area contributed by atoms with Crippen LogP contribution in [0.25, 0.3) is 0 Å². The van der Waals surface area contributed by atoms with Crippen LogP contribution in [0.4, 0.5) is 21.0 Å². The van der Waals surface area contributed by atoms with Crippen molar-refractivity contribution >= 4 is 35.1 Å². The molecule has 0 unspecified atom stereocenters. The average Bonchev–Trinajstić information content (AvgIpc) is 2.97. The van der Waals surface area contributed by atoms with Gasteiger partial charge in [0.2, 0.25) is 0 Å². The normalized spacial score (nSPS) is 16.6. The molecule has 2 N–H and O–H groups in total. The van der Waals surface area contributed by atoms with Crippen molar-refractivity contribution < 1.29 is 14.3 Å². The van der Waals surface area contributed by atoms with Crippen LogP contribution in [0.3, 0.4) is 0 Å². The second kappa shape index (κ2) is 7.23. The minimum absolute atomic E-state index is 0.214. The van der Waals surface area contributed by atoms with Crippen LogP contribution in [0.1, 0.15) is 0 Å². The molecule has 0 bridgehead atoms. The van der Waals surface area contributed by atoms with E-state index in [4.69, 9.17) is 16.3 Å². The van der Waals surface area contributed by atoms with Gasteiger partial charge in [-0.15, -0.1) is 0 Å². The van der Waals surface area contributed by atoms with Gasteiger partial charge in [-0.25, -0.2) is 9.59 Å². The number of para-hydroxylation sites is 2. The monoisotopic (exact) mass is 345 g/mol. The van der Waals surface area contributed by atoms with Gasteiger partial charge in [-0.05, 0) is 24.3 Å². The van der Waals surface area contributed by atoms with Gasteiger partial charge in [-0.2, -0.15) is 0 Å². The number of urea groups is 1. The average molecular weight is 346 g/mol. The second-order valence-corrected chi connectivity index (χ2v) is 5.67. The summed E-state index contributed by atoms with van der Waals surface area (Å²) in [6, 6.07) is 15.8. The highest BCUT2D eigenvalue weighted by molar-refractivity contribution is 6.33. The Hall–Kier alpha value is -2.73. The first-order valence-electron chi connectivity index (χ1n) is 7.46. The van der Waals surface area contributed by atoms with Crippen LogP contribution in [0.5, 0.6) is 0 Å². The highest BCUT2D eigenvalue weighted by Crippen LogP contribution is 2.21. The van der Waals surface area contributed by atoms with Crippen LogP contribution in [-0.2, 0) is 4.74 Å². The van der Waals surface area contributed by atoms with Gasteiger partial charge < -0.3 is 15.4 Å². The van der Waals surface area contributed by atoms with Gasteiger partial charge >= 0.3 is 12.1 Å². The van der Waals surface area contributed by atoms with Gasteiger partial charge in [0.1, 0.15) is 6.10 Å². The maximum Gasteiger partial charge on any atom is 0.414 e. The Morgan fingerprint density at radius 1 is 1.17 bits per heavy atom. The van der Waals surface area contributed by atoms with Crippen LogP contribution in [0.2, 0.25) is 5.02 Å². The highest BCUT2D eigenvalue weighted by atomic mass is 35.5. The number of amides is 3. The number of nitrogens with one attached hydrogen (secondary N) is 2. The van der Waals surface area contributed by atoms with Crippen LogP contribution >= 0.6 is 11.6 Å². The molecule has 2 aromatic rings. The lowest BCUT2D eigenvalue weighted by Gasteiger charge is -2.13. The van der Waals surface area contributed by atoms with Crippen molar-refractivity contribution in [3.05, 3.63) is 59.6 Å². The minimum Gasteiger partial charge on any atom is -0.442 e. The van der Waals surface area contributed by atoms with Crippen LogP contribution in [-0.4, -0.2) is 31.3 Å². The topological polar surface area (TPSA) is 70.7 Å². The quantitative estimate of drug-likeness (QED) is 0.891. The third-order valence-electron chi connectivity index (χ3n) is 3.55. The second-order valence-electron chi connectivity index (χ2n) is 5.27. The molecule has 0 saturated carbocycles. The SMILES string of the molecule is O=C(NC[C@@H]1CN(c2ccccc2)C(=O)O1)Nc1ccccc1Cl. The molecule has 7 heteroatoms. The Morgan fingerprint density at radius 2 is 1.88 bits per heavy atom. The van der Waals surface area contributed by atoms with Gasteiger partial charge in [0.25, 0.3) is 0 Å². The van der Waals surface area contributed by atoms with Crippen molar-refractivity contribution in [3.8, 4) is 0 Å². The van der Waals surface area contributed by atoms with Crippen molar-refractivity contribution in [2.24, 2.45) is 0 Å². The first-order chi connectivity index (χ1) is 11.6. The Balaban J connectivity index is 1.52. The summed E-state index contributed by atoms with van der Waals surface area (Å²) in [4.78, 5) is 25.4. The molecule has 1 aliphatic rings. The van der Waals surface area contributed by atoms with E-state index in [2.05, 4.69) is 10.6 Å². The van der Waals surface area contributed by atoms with E-state index in [9.17, 15) is 9.59 Å². The summed E-state index contributed by atoms with van der Waals surface area (Å²) >= 11 is 5.98. The third kappa shape index (κ3) is 3.78. The summed E-state index contributed by atoms with van der Waals surface area (Å²) in [5, 5.41) is 5.79.